The van der Waals surface area contributed by atoms with Crippen LogP contribution in [-0.2, 0) is 6.42 Å². The molecule has 5 unspecified atom stereocenters. The first-order valence-corrected chi connectivity index (χ1v) is 7.10. The topological polar surface area (TPSA) is 31.6 Å². The van der Waals surface area contributed by atoms with E-state index in [-0.39, 0.29) is 5.92 Å². The molecule has 100 valence electrons. The average molecular weight is 272 g/mol. The maximum Gasteiger partial charge on any atom is 0.174 e. The molecule has 2 saturated carbocycles. The van der Waals surface area contributed by atoms with Crippen molar-refractivity contribution in [3.8, 4) is 0 Å². The Morgan fingerprint density at radius 2 is 1.94 bits per heavy atom. The van der Waals surface area contributed by atoms with Gasteiger partial charge in [0, 0.05) is 11.9 Å². The number of rotatable bonds is 2. The largest absolute Gasteiger partial charge is 0.337 e. The van der Waals surface area contributed by atoms with Crippen LogP contribution in [0.5, 0.6) is 0 Å². The summed E-state index contributed by atoms with van der Waals surface area (Å²) in [5, 5.41) is 0. The van der Waals surface area contributed by atoms with Crippen molar-refractivity contribution in [2.24, 2.45) is 17.8 Å². The van der Waals surface area contributed by atoms with Crippen LogP contribution in [0.4, 0.5) is 8.78 Å². The molecule has 0 spiro atoms. The van der Waals surface area contributed by atoms with E-state index in [2.05, 4.69) is 9.97 Å². The molecule has 1 aromatic rings. The maximum atomic E-state index is 13.8. The van der Waals surface area contributed by atoms with Crippen LogP contribution in [0.15, 0.2) is 6.20 Å². The number of hydrogen-bond donors (Lipinski definition) is 2. The average Bonchev–Trinajstić information content (AvgIpc) is 2.92. The monoisotopic (exact) mass is 272 g/mol. The number of hydrogen-bond acceptors (Lipinski definition) is 1. The van der Waals surface area contributed by atoms with Crippen LogP contribution in [-0.4, -0.2) is 22.3 Å². The van der Waals surface area contributed by atoms with Crippen LogP contribution >= 0.6 is 12.2 Å². The van der Waals surface area contributed by atoms with E-state index in [1.165, 1.54) is 0 Å². The van der Waals surface area contributed by atoms with Crippen molar-refractivity contribution < 1.29 is 8.78 Å². The van der Waals surface area contributed by atoms with Gasteiger partial charge in [-0.15, -0.1) is 0 Å². The molecule has 2 aliphatic carbocycles. The minimum Gasteiger partial charge on any atom is -0.337 e. The van der Waals surface area contributed by atoms with E-state index in [1.807, 2.05) is 6.20 Å². The number of aromatic nitrogens is 2. The van der Waals surface area contributed by atoms with E-state index in [1.54, 1.807) is 0 Å². The van der Waals surface area contributed by atoms with Crippen molar-refractivity contribution >= 4 is 12.2 Å². The molecule has 0 radical (unpaired) electrons. The van der Waals surface area contributed by atoms with Gasteiger partial charge in [-0.05, 0) is 62.1 Å². The zero-order valence-corrected chi connectivity index (χ0v) is 11.0. The van der Waals surface area contributed by atoms with Gasteiger partial charge in [0.05, 0.1) is 0 Å². The lowest BCUT2D eigenvalue weighted by Crippen LogP contribution is -2.36. The van der Waals surface area contributed by atoms with Crippen molar-refractivity contribution in [1.82, 2.24) is 9.97 Å². The standard InChI is InChI=1S/C13H18F2N2S/c14-11-4-3-9-7(1-2-10(9)12(11)15)5-8-6-16-13(18)17-8/h6-7,9-12H,1-5H2,(H2,16,17,18). The van der Waals surface area contributed by atoms with Crippen molar-refractivity contribution in [3.63, 3.8) is 0 Å². The van der Waals surface area contributed by atoms with Crippen molar-refractivity contribution in [2.75, 3.05) is 0 Å². The molecular weight excluding hydrogens is 254 g/mol. The highest BCUT2D eigenvalue weighted by molar-refractivity contribution is 7.71. The van der Waals surface area contributed by atoms with Gasteiger partial charge < -0.3 is 9.97 Å². The van der Waals surface area contributed by atoms with E-state index in [0.717, 1.165) is 31.4 Å². The van der Waals surface area contributed by atoms with E-state index in [4.69, 9.17) is 12.2 Å². The summed E-state index contributed by atoms with van der Waals surface area (Å²) in [6.07, 6.45) is 3.39. The molecule has 2 aliphatic rings. The van der Waals surface area contributed by atoms with Crippen molar-refractivity contribution in [3.05, 3.63) is 16.7 Å². The summed E-state index contributed by atoms with van der Waals surface area (Å²) in [6, 6.07) is 0. The van der Waals surface area contributed by atoms with Crippen LogP contribution in [0.1, 0.15) is 31.4 Å². The number of imidazole rings is 1. The molecule has 1 heterocycles. The predicted octanol–water partition coefficient (Wildman–Crippen LogP) is 3.73. The van der Waals surface area contributed by atoms with Gasteiger partial charge >= 0.3 is 0 Å². The highest BCUT2D eigenvalue weighted by Crippen LogP contribution is 2.48. The fourth-order valence-electron chi connectivity index (χ4n) is 3.83. The molecule has 2 fully saturated rings. The number of H-pyrrole nitrogens is 2. The molecule has 0 bridgehead atoms. The molecule has 5 heteroatoms. The highest BCUT2D eigenvalue weighted by atomic mass is 32.1. The summed E-state index contributed by atoms with van der Waals surface area (Å²) in [4.78, 5) is 6.07. The second-order valence-electron chi connectivity index (χ2n) is 5.68. The smallest absolute Gasteiger partial charge is 0.174 e. The molecule has 2 N–H and O–H groups in total. The third-order valence-corrected chi connectivity index (χ3v) is 4.91. The van der Waals surface area contributed by atoms with Gasteiger partial charge in [0.25, 0.3) is 0 Å². The van der Waals surface area contributed by atoms with Gasteiger partial charge in [-0.2, -0.15) is 0 Å². The number of halogens is 2. The zero-order chi connectivity index (χ0) is 12.7. The molecule has 0 amide bonds. The van der Waals surface area contributed by atoms with Crippen LogP contribution in [0.25, 0.3) is 0 Å². The Balaban J connectivity index is 1.70. The van der Waals surface area contributed by atoms with Gasteiger partial charge in [-0.3, -0.25) is 0 Å². The summed E-state index contributed by atoms with van der Waals surface area (Å²) >= 11 is 5.00. The number of alkyl halides is 2. The lowest BCUT2D eigenvalue weighted by atomic mass is 9.75. The molecule has 1 aromatic heterocycles. The van der Waals surface area contributed by atoms with Gasteiger partial charge in [0.15, 0.2) is 4.77 Å². The molecule has 0 aliphatic heterocycles. The third kappa shape index (κ3) is 2.13. The Bertz CT molecular complexity index is 470. The lowest BCUT2D eigenvalue weighted by Gasteiger charge is -2.34. The van der Waals surface area contributed by atoms with E-state index in [9.17, 15) is 8.78 Å². The summed E-state index contributed by atoms with van der Waals surface area (Å²) < 4.78 is 27.9. The van der Waals surface area contributed by atoms with Crippen LogP contribution in [0.3, 0.4) is 0 Å². The van der Waals surface area contributed by atoms with Crippen molar-refractivity contribution in [2.45, 2.75) is 44.4 Å². The molecule has 0 saturated heterocycles. The fourth-order valence-corrected chi connectivity index (χ4v) is 4.02. The molecule has 18 heavy (non-hydrogen) atoms. The first-order chi connectivity index (χ1) is 8.65. The summed E-state index contributed by atoms with van der Waals surface area (Å²) in [6.45, 7) is 0. The summed E-state index contributed by atoms with van der Waals surface area (Å²) in [5.41, 5.74) is 1.09. The van der Waals surface area contributed by atoms with Gasteiger partial charge in [-0.25, -0.2) is 8.78 Å². The SMILES string of the molecule is FC1CCC2C(Cc3c[nH]c(=S)[nH]3)CCC2C1F. The summed E-state index contributed by atoms with van der Waals surface area (Å²) in [5.74, 6) is 0.770. The lowest BCUT2D eigenvalue weighted by molar-refractivity contribution is 0.0328. The normalized spacial score (nSPS) is 39.8. The van der Waals surface area contributed by atoms with E-state index >= 15 is 0 Å². The molecule has 0 aromatic carbocycles. The Kier molecular flexibility index (Phi) is 3.26. The number of aromatic amines is 2. The second kappa shape index (κ2) is 4.76. The van der Waals surface area contributed by atoms with Gasteiger partial charge in [-0.1, -0.05) is 0 Å². The number of fused-ring (bicyclic) bond motifs is 1. The quantitative estimate of drug-likeness (QED) is 0.790. The van der Waals surface area contributed by atoms with Crippen LogP contribution < -0.4 is 0 Å². The Morgan fingerprint density at radius 1 is 1.17 bits per heavy atom. The Labute approximate surface area is 110 Å². The predicted molar refractivity (Wildman–Crippen MR) is 68.4 cm³/mol. The fraction of sp³-hybridized carbons (Fsp3) is 0.769. The van der Waals surface area contributed by atoms with Crippen LogP contribution in [0, 0.1) is 22.5 Å². The minimum absolute atomic E-state index is 0.0549. The Hall–Kier alpha value is -0.710. The molecule has 2 nitrogen and oxygen atoms in total. The first-order valence-electron chi connectivity index (χ1n) is 6.70. The minimum atomic E-state index is -1.24. The zero-order valence-electron chi connectivity index (χ0n) is 10.2. The van der Waals surface area contributed by atoms with E-state index < -0.39 is 12.3 Å². The summed E-state index contributed by atoms with van der Waals surface area (Å²) in [7, 11) is 0. The van der Waals surface area contributed by atoms with Crippen LogP contribution in [0.2, 0.25) is 0 Å². The molecule has 3 rings (SSSR count). The van der Waals surface area contributed by atoms with Gasteiger partial charge in [0.1, 0.15) is 12.3 Å². The van der Waals surface area contributed by atoms with Gasteiger partial charge in [0.2, 0.25) is 0 Å². The molecular formula is C13H18F2N2S. The van der Waals surface area contributed by atoms with Crippen molar-refractivity contribution in [1.29, 1.82) is 0 Å². The highest BCUT2D eigenvalue weighted by Gasteiger charge is 2.46. The maximum absolute atomic E-state index is 13.8. The number of nitrogens with one attached hydrogen (secondary N) is 2. The Morgan fingerprint density at radius 3 is 2.67 bits per heavy atom. The third-order valence-electron chi connectivity index (χ3n) is 4.69. The first kappa shape index (κ1) is 12.3. The molecule has 5 atom stereocenters. The van der Waals surface area contributed by atoms with E-state index in [0.29, 0.717) is 23.0 Å². The second-order valence-corrected chi connectivity index (χ2v) is 6.08.